The van der Waals surface area contributed by atoms with Crippen molar-refractivity contribution in [1.82, 2.24) is 76.4 Å². The van der Waals surface area contributed by atoms with Crippen molar-refractivity contribution in [3.8, 4) is 45.5 Å². The molecule has 0 aliphatic rings. The highest BCUT2D eigenvalue weighted by molar-refractivity contribution is 7.20. The Morgan fingerprint density at radius 3 is 0.434 bits per heavy atom. The van der Waals surface area contributed by atoms with Crippen molar-refractivity contribution in [2.24, 2.45) is 0 Å². The summed E-state index contributed by atoms with van der Waals surface area (Å²) >= 11 is 0. The van der Waals surface area contributed by atoms with Crippen LogP contribution in [0.2, 0.25) is 0 Å². The number of rotatable bonds is 12. The largest absolute Gasteiger partial charge is 0.293 e. The zero-order chi connectivity index (χ0) is 91.2. The van der Waals surface area contributed by atoms with Gasteiger partial charge in [0, 0.05) is 88.6 Å². The zero-order valence-electron chi connectivity index (χ0n) is 76.3. The number of hydrogen-bond acceptors (Lipinski definition) is 8. The van der Waals surface area contributed by atoms with E-state index in [4.69, 9.17) is 45.4 Å². The summed E-state index contributed by atoms with van der Waals surface area (Å²) in [4.78, 5) is 45.0. The lowest BCUT2D eigenvalue weighted by Gasteiger charge is -2.35. The summed E-state index contributed by atoms with van der Waals surface area (Å²) < 4.78 is 89.7. The average molecular weight is 1670 g/mol. The van der Waals surface area contributed by atoms with Gasteiger partial charge in [-0.15, -0.1) is 0 Å². The van der Waals surface area contributed by atoms with Gasteiger partial charge in [0.2, 0.25) is 0 Å². The second kappa shape index (κ2) is 27.2. The maximum Gasteiger partial charge on any atom is 0.179 e. The molecule has 0 amide bonds. The van der Waals surface area contributed by atoms with E-state index >= 15 is 0 Å². The number of hydrogen-bond donors (Lipinski definition) is 0. The van der Waals surface area contributed by atoms with Crippen LogP contribution >= 0.6 is 0 Å². The van der Waals surface area contributed by atoms with Crippen LogP contribution in [0.15, 0.2) is 412 Å². The molecule has 12 heterocycles. The SMILES string of the molecule is [2H]c1ccc2c(c1)c1nc3c(nc1n2-c1ccccc1)c1cc([2H])ccc1n3-c1ccc([Si](c2ccc(-n3c4ccc([2H])cc4c4nc5c(nc43)c3cc([2H])ccc3n5-c3ccccc3)cc2)(c2ccc(-n3c4ccc([2H])cc4c4nc5c(nc43)c3cc([2H])ccc3n5-c3ccccc3)cc2)c2ccc(-n3c4ccc([2H])cc4c4nc5c(nc43)c3cc([2H])ccc3n5-c3ccccc3)cc2)cc1. The molecule has 0 atom stereocenters. The van der Waals surface area contributed by atoms with Gasteiger partial charge in [0.1, 0.15) is 44.1 Å². The molecule has 16 nitrogen and oxygen atoms in total. The first-order chi connectivity index (χ1) is 67.2. The Balaban J connectivity index is 0.704. The third-order valence-electron chi connectivity index (χ3n) is 26.1. The molecule has 129 heavy (non-hydrogen) atoms. The Bertz CT molecular complexity index is 8930. The molecule has 17 heteroatoms. The molecule has 0 saturated heterocycles. The Labute approximate surface area is 746 Å². The topological polar surface area (TPSA) is 143 Å². The lowest BCUT2D eigenvalue weighted by Crippen LogP contribution is -2.74. The number of aromatic nitrogens is 16. The van der Waals surface area contributed by atoms with Crippen LogP contribution in [0.4, 0.5) is 0 Å². The molecule has 0 spiro atoms. The van der Waals surface area contributed by atoms with Crippen LogP contribution in [0.3, 0.4) is 0 Å². The minimum Gasteiger partial charge on any atom is -0.293 e. The van der Waals surface area contributed by atoms with E-state index in [1.165, 1.54) is 0 Å². The summed E-state index contributed by atoms with van der Waals surface area (Å²) in [6.45, 7) is 0. The van der Waals surface area contributed by atoms with Crippen molar-refractivity contribution in [3.63, 3.8) is 0 Å². The highest BCUT2D eigenvalue weighted by Crippen LogP contribution is 2.43. The summed E-state index contributed by atoms with van der Waals surface area (Å²) in [5, 5.41) is 10.1. The fourth-order valence-corrected chi connectivity index (χ4v) is 25.2. The molecule has 600 valence electrons. The third kappa shape index (κ3) is 10.1. The monoisotopic (exact) mass is 1670 g/mol. The number of para-hydroxylation sites is 12. The maximum atomic E-state index is 9.19. The Morgan fingerprint density at radius 2 is 0.287 bits per heavy atom. The van der Waals surface area contributed by atoms with Gasteiger partial charge in [-0.05, 0) is 166 Å². The Morgan fingerprint density at radius 1 is 0.147 bits per heavy atom. The summed E-state index contributed by atoms with van der Waals surface area (Å²) in [6, 6.07) is 123. The molecular weight excluding hydrogens is 1600 g/mol. The van der Waals surface area contributed by atoms with E-state index in [0.29, 0.717) is 138 Å². The van der Waals surface area contributed by atoms with E-state index in [1.54, 1.807) is 48.5 Å². The standard InChI is InChI=1S/C112H68N16Si/c1-5-29-69(30-6-1)121-89-45-21-13-37-81(89)97-105(121)113-101-85-41-17-25-49-93(85)125(109(101)117-97)73-53-61-77(62-54-73)129(78-63-55-74(56-64-78)126-94-50-26-18-42-86(94)102-110(126)118-98-82-38-14-22-46-90(82)122(106(98)114-102)70-31-7-2-8-32-70,79-65-57-75(58-66-79)127-95-51-27-19-43-87(95)103-111(127)119-99-83-39-15-23-47-91(83)123(107(99)115-103)71-33-9-3-10-34-71)80-67-59-76(60-68-80)128-96-52-28-20-44-88(96)104-112(128)120-100-84-40-16-24-48-92(84)124(108(100)116-104)72-35-11-4-12-36-72/h1-68H/i13D,14D,15D,16D,17D,18D,19D,20D. The van der Waals surface area contributed by atoms with Gasteiger partial charge in [0.25, 0.3) is 0 Å². The first kappa shape index (κ1) is 63.4. The lowest BCUT2D eigenvalue weighted by molar-refractivity contribution is 1.12. The lowest BCUT2D eigenvalue weighted by atomic mass is 10.2. The minimum atomic E-state index is -3.93. The molecule has 0 saturated carbocycles. The quantitative estimate of drug-likeness (QED) is 0.0869. The molecule has 12 aromatic heterocycles. The van der Waals surface area contributed by atoms with E-state index in [-0.39, 0.29) is 0 Å². The first-order valence-corrected chi connectivity index (χ1v) is 44.8. The van der Waals surface area contributed by atoms with Crippen LogP contribution in [-0.2, 0) is 0 Å². The van der Waals surface area contributed by atoms with Crippen LogP contribution in [0.25, 0.3) is 222 Å². The molecule has 16 aromatic carbocycles. The third-order valence-corrected chi connectivity index (χ3v) is 30.9. The Kier molecular flexibility index (Phi) is 13.4. The predicted octanol–water partition coefficient (Wildman–Crippen LogP) is 23.0. The first-order valence-electron chi connectivity index (χ1n) is 46.8. The number of nitrogens with zero attached hydrogens (tertiary/aromatic N) is 16. The molecule has 28 aromatic rings. The molecule has 0 unspecified atom stereocenters. The number of fused-ring (bicyclic) bond motifs is 24. The zero-order valence-corrected chi connectivity index (χ0v) is 69.3. The van der Waals surface area contributed by atoms with Gasteiger partial charge in [0.05, 0.1) is 55.1 Å². The van der Waals surface area contributed by atoms with E-state index in [9.17, 15) is 5.48 Å². The molecule has 0 aliphatic carbocycles. The average Bonchev–Trinajstić information content (AvgIpc) is 1.36. The Hall–Kier alpha value is -17.5. The molecule has 0 N–H and O–H groups in total. The summed E-state index contributed by atoms with van der Waals surface area (Å²) in [7, 11) is -3.93. The van der Waals surface area contributed by atoms with Crippen LogP contribution < -0.4 is 20.7 Å². The van der Waals surface area contributed by atoms with E-state index < -0.39 is 8.07 Å². The smallest absolute Gasteiger partial charge is 0.179 e. The van der Waals surface area contributed by atoms with Gasteiger partial charge in [-0.3, -0.25) is 36.5 Å². The molecule has 28 rings (SSSR count). The van der Waals surface area contributed by atoms with E-state index in [0.717, 1.165) is 153 Å². The van der Waals surface area contributed by atoms with E-state index in [1.807, 2.05) is 218 Å². The number of benzene rings is 16. The van der Waals surface area contributed by atoms with Crippen molar-refractivity contribution in [2.75, 3.05) is 0 Å². The van der Waals surface area contributed by atoms with Crippen molar-refractivity contribution in [2.45, 2.75) is 0 Å². The van der Waals surface area contributed by atoms with Crippen LogP contribution in [0.1, 0.15) is 11.0 Å². The molecule has 0 fully saturated rings. The van der Waals surface area contributed by atoms with E-state index in [2.05, 4.69) is 134 Å². The maximum absolute atomic E-state index is 9.19. The van der Waals surface area contributed by atoms with Crippen molar-refractivity contribution in [1.29, 1.82) is 0 Å². The summed E-state index contributed by atoms with van der Waals surface area (Å²) in [5.41, 5.74) is 23.0. The van der Waals surface area contributed by atoms with Gasteiger partial charge < -0.3 is 0 Å². The van der Waals surface area contributed by atoms with Gasteiger partial charge >= 0.3 is 0 Å². The highest BCUT2D eigenvalue weighted by Gasteiger charge is 2.43. The van der Waals surface area contributed by atoms with Gasteiger partial charge in [0.15, 0.2) is 53.3 Å². The molecular formula is C112H68N16Si. The second-order valence-electron chi connectivity index (χ2n) is 32.8. The molecule has 0 bridgehead atoms. The minimum absolute atomic E-state index is 0.317. The van der Waals surface area contributed by atoms with Crippen molar-refractivity contribution in [3.05, 3.63) is 412 Å². The summed E-state index contributed by atoms with van der Waals surface area (Å²) in [6.07, 6.45) is 0. The van der Waals surface area contributed by atoms with Crippen molar-refractivity contribution >= 4 is 205 Å². The normalized spacial score (nSPS) is 13.2. The molecule has 0 aliphatic heterocycles. The van der Waals surface area contributed by atoms with Gasteiger partial charge in [-0.1, -0.05) is 267 Å². The van der Waals surface area contributed by atoms with Crippen LogP contribution in [0.5, 0.6) is 0 Å². The molecule has 0 radical (unpaired) electrons. The van der Waals surface area contributed by atoms with Crippen LogP contribution in [-0.4, -0.2) is 84.5 Å². The van der Waals surface area contributed by atoms with Crippen molar-refractivity contribution < 1.29 is 11.0 Å². The van der Waals surface area contributed by atoms with Gasteiger partial charge in [-0.2, -0.15) is 0 Å². The fraction of sp³-hybridized carbons (Fsp3) is 0. The summed E-state index contributed by atoms with van der Waals surface area (Å²) in [5.74, 6) is 0. The predicted molar refractivity (Wildman–Crippen MR) is 527 cm³/mol. The van der Waals surface area contributed by atoms with Crippen LogP contribution in [0, 0.1) is 0 Å². The van der Waals surface area contributed by atoms with Gasteiger partial charge in [-0.25, -0.2) is 39.9 Å². The fourth-order valence-electron chi connectivity index (χ4n) is 20.6. The highest BCUT2D eigenvalue weighted by atomic mass is 28.3. The second-order valence-corrected chi connectivity index (χ2v) is 36.6.